The van der Waals surface area contributed by atoms with Gasteiger partial charge < -0.3 is 5.32 Å². The second kappa shape index (κ2) is 9.56. The molecule has 0 aliphatic heterocycles. The summed E-state index contributed by atoms with van der Waals surface area (Å²) in [7, 11) is 0. The first-order chi connectivity index (χ1) is 14.6. The molecule has 1 N–H and O–H groups in total. The fourth-order valence-electron chi connectivity index (χ4n) is 3.49. The van der Waals surface area contributed by atoms with E-state index in [2.05, 4.69) is 27.5 Å². The van der Waals surface area contributed by atoms with Crippen molar-refractivity contribution in [1.82, 2.24) is 14.8 Å². The van der Waals surface area contributed by atoms with Crippen LogP contribution in [0.5, 0.6) is 0 Å². The molecule has 0 spiro atoms. The van der Waals surface area contributed by atoms with Crippen LogP contribution < -0.4 is 5.32 Å². The predicted molar refractivity (Wildman–Crippen MR) is 126 cm³/mol. The fourth-order valence-corrected chi connectivity index (χ4v) is 5.71. The number of halogens is 2. The Hall–Kier alpha value is -1.80. The standard InChI is InChI=1S/C21H20Cl2N4OS2/c1-2-10-27-20(14-11-29-17-9-4-3-6-13(14)17)25-26-21(27)30-12-18(28)24-16-8-5-7-15(22)19(16)23/h2,5,7-8,11H,1,3-4,6,9-10,12H2,(H,24,28). The summed E-state index contributed by atoms with van der Waals surface area (Å²) in [5.41, 5.74) is 3.05. The van der Waals surface area contributed by atoms with Crippen molar-refractivity contribution in [3.63, 3.8) is 0 Å². The summed E-state index contributed by atoms with van der Waals surface area (Å²) in [5, 5.41) is 15.2. The first kappa shape index (κ1) is 21.4. The summed E-state index contributed by atoms with van der Waals surface area (Å²) in [6.45, 7) is 4.45. The van der Waals surface area contributed by atoms with Crippen LogP contribution in [0.2, 0.25) is 10.0 Å². The van der Waals surface area contributed by atoms with E-state index in [1.807, 2.05) is 10.6 Å². The first-order valence-corrected chi connectivity index (χ1v) is 12.2. The third-order valence-electron chi connectivity index (χ3n) is 4.89. The number of nitrogens with zero attached hydrogens (tertiary/aromatic N) is 3. The van der Waals surface area contributed by atoms with Gasteiger partial charge in [0, 0.05) is 22.4 Å². The van der Waals surface area contributed by atoms with E-state index in [1.54, 1.807) is 29.5 Å². The van der Waals surface area contributed by atoms with Gasteiger partial charge in [-0.25, -0.2) is 0 Å². The van der Waals surface area contributed by atoms with Gasteiger partial charge in [0.1, 0.15) is 0 Å². The van der Waals surface area contributed by atoms with E-state index >= 15 is 0 Å². The van der Waals surface area contributed by atoms with Gasteiger partial charge in [0.2, 0.25) is 5.91 Å². The zero-order chi connectivity index (χ0) is 21.1. The number of aromatic nitrogens is 3. The molecule has 156 valence electrons. The molecule has 0 bridgehead atoms. The molecule has 3 aromatic rings. The Balaban J connectivity index is 1.51. The second-order valence-corrected chi connectivity index (χ2v) is 9.59. The molecule has 1 aliphatic rings. The van der Waals surface area contributed by atoms with Gasteiger partial charge in [-0.2, -0.15) is 0 Å². The molecule has 1 aliphatic carbocycles. The van der Waals surface area contributed by atoms with Crippen LogP contribution in [0, 0.1) is 0 Å². The Morgan fingerprint density at radius 3 is 2.97 bits per heavy atom. The minimum Gasteiger partial charge on any atom is -0.324 e. The van der Waals surface area contributed by atoms with E-state index < -0.39 is 0 Å². The number of thiophene rings is 1. The van der Waals surface area contributed by atoms with E-state index in [0.717, 1.165) is 24.2 Å². The normalized spacial score (nSPS) is 13.1. The lowest BCUT2D eigenvalue weighted by Crippen LogP contribution is -2.15. The zero-order valence-electron chi connectivity index (χ0n) is 16.2. The number of hydrogen-bond acceptors (Lipinski definition) is 5. The molecular weight excluding hydrogens is 459 g/mol. The van der Waals surface area contributed by atoms with Gasteiger partial charge in [0.15, 0.2) is 11.0 Å². The Morgan fingerprint density at radius 2 is 2.13 bits per heavy atom. The number of carbonyl (C=O) groups excluding carboxylic acids is 1. The lowest BCUT2D eigenvalue weighted by atomic mass is 9.95. The van der Waals surface area contributed by atoms with Gasteiger partial charge >= 0.3 is 0 Å². The lowest BCUT2D eigenvalue weighted by Gasteiger charge is -2.13. The third kappa shape index (κ3) is 4.44. The van der Waals surface area contributed by atoms with Crippen LogP contribution in [-0.4, -0.2) is 26.4 Å². The maximum absolute atomic E-state index is 12.4. The van der Waals surface area contributed by atoms with E-state index in [9.17, 15) is 4.79 Å². The quantitative estimate of drug-likeness (QED) is 0.328. The van der Waals surface area contributed by atoms with Crippen molar-refractivity contribution in [2.75, 3.05) is 11.1 Å². The smallest absolute Gasteiger partial charge is 0.234 e. The molecule has 5 nitrogen and oxygen atoms in total. The van der Waals surface area contributed by atoms with Crippen LogP contribution in [0.15, 0.2) is 41.4 Å². The number of amides is 1. The van der Waals surface area contributed by atoms with Crippen molar-refractivity contribution in [3.8, 4) is 11.4 Å². The number of thioether (sulfide) groups is 1. The summed E-state index contributed by atoms with van der Waals surface area (Å²) in [6, 6.07) is 5.14. The molecule has 4 rings (SSSR count). The Morgan fingerprint density at radius 1 is 1.30 bits per heavy atom. The summed E-state index contributed by atoms with van der Waals surface area (Å²) in [4.78, 5) is 13.9. The summed E-state index contributed by atoms with van der Waals surface area (Å²) >= 11 is 15.3. The minimum atomic E-state index is -0.188. The highest BCUT2D eigenvalue weighted by Crippen LogP contribution is 2.37. The van der Waals surface area contributed by atoms with Crippen LogP contribution in [0.3, 0.4) is 0 Å². The van der Waals surface area contributed by atoms with E-state index in [0.29, 0.717) is 27.4 Å². The number of fused-ring (bicyclic) bond motifs is 1. The molecule has 0 atom stereocenters. The van der Waals surface area contributed by atoms with Gasteiger partial charge in [-0.1, -0.05) is 47.1 Å². The van der Waals surface area contributed by atoms with E-state index in [4.69, 9.17) is 23.2 Å². The number of benzene rings is 1. The molecule has 0 saturated carbocycles. The SMILES string of the molecule is C=CCn1c(SCC(=O)Nc2cccc(Cl)c2Cl)nnc1-c1csc2c1CCCC2. The fraction of sp³-hybridized carbons (Fsp3) is 0.286. The van der Waals surface area contributed by atoms with Gasteiger partial charge in [0.25, 0.3) is 0 Å². The minimum absolute atomic E-state index is 0.180. The number of anilines is 1. The van der Waals surface area contributed by atoms with Crippen molar-refractivity contribution in [2.24, 2.45) is 0 Å². The first-order valence-electron chi connectivity index (χ1n) is 9.59. The average molecular weight is 479 g/mol. The zero-order valence-corrected chi connectivity index (χ0v) is 19.3. The van der Waals surface area contributed by atoms with Gasteiger partial charge in [-0.15, -0.1) is 28.1 Å². The van der Waals surface area contributed by atoms with E-state index in [-0.39, 0.29) is 11.7 Å². The number of rotatable bonds is 7. The monoisotopic (exact) mass is 478 g/mol. The van der Waals surface area contributed by atoms with Crippen molar-refractivity contribution < 1.29 is 4.79 Å². The summed E-state index contributed by atoms with van der Waals surface area (Å²) < 4.78 is 2.02. The van der Waals surface area contributed by atoms with Crippen LogP contribution in [-0.2, 0) is 24.2 Å². The third-order valence-corrected chi connectivity index (χ3v) is 7.76. The molecule has 0 unspecified atom stereocenters. The van der Waals surface area contributed by atoms with E-state index in [1.165, 1.54) is 35.0 Å². The number of nitrogens with one attached hydrogen (secondary N) is 1. The topological polar surface area (TPSA) is 59.8 Å². The highest BCUT2D eigenvalue weighted by atomic mass is 35.5. The van der Waals surface area contributed by atoms with Gasteiger partial charge in [-0.3, -0.25) is 9.36 Å². The maximum Gasteiger partial charge on any atom is 0.234 e. The number of allylic oxidation sites excluding steroid dienone is 1. The molecular formula is C21H20Cl2N4OS2. The molecule has 2 aromatic heterocycles. The number of aryl methyl sites for hydroxylation is 1. The lowest BCUT2D eigenvalue weighted by molar-refractivity contribution is -0.113. The number of carbonyl (C=O) groups is 1. The summed E-state index contributed by atoms with van der Waals surface area (Å²) in [5.74, 6) is 0.835. The predicted octanol–water partition coefficient (Wildman–Crippen LogP) is 6.11. The highest BCUT2D eigenvalue weighted by molar-refractivity contribution is 7.99. The second-order valence-electron chi connectivity index (χ2n) is 6.90. The van der Waals surface area contributed by atoms with Crippen LogP contribution in [0.4, 0.5) is 5.69 Å². The molecule has 30 heavy (non-hydrogen) atoms. The highest BCUT2D eigenvalue weighted by Gasteiger charge is 2.22. The van der Waals surface area contributed by atoms with Crippen molar-refractivity contribution in [3.05, 3.63) is 56.7 Å². The molecule has 1 amide bonds. The van der Waals surface area contributed by atoms with Gasteiger partial charge in [0.05, 0.1) is 21.5 Å². The van der Waals surface area contributed by atoms with Crippen molar-refractivity contribution in [2.45, 2.75) is 37.4 Å². The van der Waals surface area contributed by atoms with Crippen molar-refractivity contribution in [1.29, 1.82) is 0 Å². The Kier molecular flexibility index (Phi) is 6.83. The Bertz CT molecular complexity index is 1090. The molecule has 9 heteroatoms. The Labute approximate surface area is 193 Å². The van der Waals surface area contributed by atoms with Gasteiger partial charge in [-0.05, 0) is 43.4 Å². The molecule has 2 heterocycles. The average Bonchev–Trinajstić information content (AvgIpc) is 3.34. The van der Waals surface area contributed by atoms with Crippen LogP contribution in [0.25, 0.3) is 11.4 Å². The molecule has 0 radical (unpaired) electrons. The molecule has 0 fully saturated rings. The molecule has 1 aromatic carbocycles. The van der Waals surface area contributed by atoms with Crippen molar-refractivity contribution >= 4 is 57.9 Å². The van der Waals surface area contributed by atoms with Crippen LogP contribution in [0.1, 0.15) is 23.3 Å². The van der Waals surface area contributed by atoms with Crippen LogP contribution >= 0.6 is 46.3 Å². The largest absolute Gasteiger partial charge is 0.324 e. The summed E-state index contributed by atoms with van der Waals surface area (Å²) in [6.07, 6.45) is 6.50. The maximum atomic E-state index is 12.4. The molecule has 0 saturated heterocycles. The number of hydrogen-bond donors (Lipinski definition) is 1.